The molecule has 1 rings (SSSR count). The van der Waals surface area contributed by atoms with E-state index in [9.17, 15) is 4.79 Å². The molecular formula is C8H14N4O3. The van der Waals surface area contributed by atoms with Crippen LogP contribution in [0.5, 0.6) is 0 Å². The zero-order chi connectivity index (χ0) is 11.4. The second kappa shape index (κ2) is 4.63. The van der Waals surface area contributed by atoms with Gasteiger partial charge in [0.05, 0.1) is 0 Å². The first-order valence-corrected chi connectivity index (χ1v) is 4.55. The third-order valence-electron chi connectivity index (χ3n) is 1.87. The monoisotopic (exact) mass is 214 g/mol. The minimum atomic E-state index is -1.11. The van der Waals surface area contributed by atoms with Gasteiger partial charge in [0, 0.05) is 7.05 Å². The Kier molecular flexibility index (Phi) is 3.48. The molecule has 0 bridgehead atoms. The Morgan fingerprint density at radius 2 is 2.13 bits per heavy atom. The van der Waals surface area contributed by atoms with Crippen molar-refractivity contribution in [2.75, 3.05) is 12.4 Å². The van der Waals surface area contributed by atoms with E-state index in [0.29, 0.717) is 0 Å². The van der Waals surface area contributed by atoms with Gasteiger partial charge in [-0.05, 0) is 5.92 Å². The molecular weight excluding hydrogens is 200 g/mol. The number of aromatic nitrogens is 2. The van der Waals surface area contributed by atoms with Crippen molar-refractivity contribution in [2.24, 2.45) is 5.92 Å². The van der Waals surface area contributed by atoms with Gasteiger partial charge in [-0.3, -0.25) is 0 Å². The molecule has 84 valence electrons. The number of anilines is 1. The molecule has 1 aromatic heterocycles. The molecule has 7 nitrogen and oxygen atoms in total. The van der Waals surface area contributed by atoms with Crippen LogP contribution >= 0.6 is 0 Å². The average molecular weight is 214 g/mol. The quantitative estimate of drug-likeness (QED) is 0.693. The molecule has 0 aliphatic rings. The lowest BCUT2D eigenvalue weighted by atomic mass is 10.1. The smallest absolute Gasteiger partial charge is 0.405 e. The van der Waals surface area contributed by atoms with Crippen molar-refractivity contribution in [3.05, 3.63) is 5.89 Å². The van der Waals surface area contributed by atoms with Crippen molar-refractivity contribution in [1.82, 2.24) is 15.5 Å². The lowest BCUT2D eigenvalue weighted by Gasteiger charge is -2.16. The Balaban J connectivity index is 2.83. The van der Waals surface area contributed by atoms with E-state index >= 15 is 0 Å². The van der Waals surface area contributed by atoms with E-state index in [1.54, 1.807) is 7.05 Å². The van der Waals surface area contributed by atoms with Crippen LogP contribution in [0.1, 0.15) is 25.8 Å². The maximum Gasteiger partial charge on any atom is 0.405 e. The van der Waals surface area contributed by atoms with Crippen molar-refractivity contribution < 1.29 is 14.3 Å². The highest BCUT2D eigenvalue weighted by molar-refractivity contribution is 5.65. The lowest BCUT2D eigenvalue weighted by Crippen LogP contribution is -2.30. The number of hydrogen-bond donors (Lipinski definition) is 3. The summed E-state index contributed by atoms with van der Waals surface area (Å²) in [5.74, 6) is 0.294. The Labute approximate surface area is 86.9 Å². The van der Waals surface area contributed by atoms with E-state index in [2.05, 4.69) is 20.8 Å². The first-order chi connectivity index (χ1) is 7.04. The minimum Gasteiger partial charge on any atom is -0.465 e. The summed E-state index contributed by atoms with van der Waals surface area (Å²) in [7, 11) is 1.65. The van der Waals surface area contributed by atoms with E-state index in [4.69, 9.17) is 9.52 Å². The zero-order valence-corrected chi connectivity index (χ0v) is 8.81. The number of carboxylic acid groups (broad SMARTS) is 1. The second-order valence-corrected chi connectivity index (χ2v) is 3.37. The maximum absolute atomic E-state index is 10.5. The van der Waals surface area contributed by atoms with E-state index in [-0.39, 0.29) is 17.8 Å². The summed E-state index contributed by atoms with van der Waals surface area (Å²) in [6.45, 7) is 3.73. The van der Waals surface area contributed by atoms with Crippen LogP contribution in [-0.4, -0.2) is 28.4 Å². The van der Waals surface area contributed by atoms with Gasteiger partial charge in [-0.25, -0.2) is 4.79 Å². The van der Waals surface area contributed by atoms with Crippen molar-refractivity contribution in [3.63, 3.8) is 0 Å². The fourth-order valence-corrected chi connectivity index (χ4v) is 1.11. The van der Waals surface area contributed by atoms with Gasteiger partial charge in [-0.1, -0.05) is 18.9 Å². The SMILES string of the molecule is CNc1nnc([C@@H](NC(=O)O)C(C)C)o1. The van der Waals surface area contributed by atoms with Crippen molar-refractivity contribution >= 4 is 12.1 Å². The van der Waals surface area contributed by atoms with Gasteiger partial charge in [-0.2, -0.15) is 0 Å². The van der Waals surface area contributed by atoms with Gasteiger partial charge in [-0.15, -0.1) is 5.10 Å². The summed E-state index contributed by atoms with van der Waals surface area (Å²) >= 11 is 0. The molecule has 15 heavy (non-hydrogen) atoms. The van der Waals surface area contributed by atoms with Crippen LogP contribution in [0, 0.1) is 5.92 Å². The summed E-state index contributed by atoms with van der Waals surface area (Å²) in [5.41, 5.74) is 0. The van der Waals surface area contributed by atoms with Gasteiger partial charge in [0.25, 0.3) is 0 Å². The molecule has 1 amide bonds. The number of nitrogens with one attached hydrogen (secondary N) is 2. The molecule has 0 aliphatic carbocycles. The van der Waals surface area contributed by atoms with E-state index in [0.717, 1.165) is 0 Å². The molecule has 0 aromatic carbocycles. The normalized spacial score (nSPS) is 12.5. The largest absolute Gasteiger partial charge is 0.465 e. The third-order valence-corrected chi connectivity index (χ3v) is 1.87. The van der Waals surface area contributed by atoms with Gasteiger partial charge in [0.15, 0.2) is 0 Å². The maximum atomic E-state index is 10.5. The molecule has 7 heteroatoms. The Bertz CT molecular complexity index is 336. The zero-order valence-electron chi connectivity index (χ0n) is 8.81. The number of carbonyl (C=O) groups is 1. The van der Waals surface area contributed by atoms with Crippen molar-refractivity contribution in [3.8, 4) is 0 Å². The molecule has 0 saturated carbocycles. The Hall–Kier alpha value is -1.79. The topological polar surface area (TPSA) is 100 Å². The van der Waals surface area contributed by atoms with Crippen LogP contribution in [0.25, 0.3) is 0 Å². The summed E-state index contributed by atoms with van der Waals surface area (Å²) in [6, 6.07) is -0.222. The summed E-state index contributed by atoms with van der Waals surface area (Å²) in [5, 5.41) is 21.1. The number of hydrogen-bond acceptors (Lipinski definition) is 5. The molecule has 1 atom stereocenters. The van der Waals surface area contributed by atoms with Crippen molar-refractivity contribution in [1.29, 1.82) is 0 Å². The fraction of sp³-hybridized carbons (Fsp3) is 0.625. The fourth-order valence-electron chi connectivity index (χ4n) is 1.11. The highest BCUT2D eigenvalue weighted by Gasteiger charge is 2.23. The third kappa shape index (κ3) is 2.83. The Morgan fingerprint density at radius 3 is 2.53 bits per heavy atom. The number of rotatable bonds is 4. The minimum absolute atomic E-state index is 0.0336. The lowest BCUT2D eigenvalue weighted by molar-refractivity contribution is 0.182. The first-order valence-electron chi connectivity index (χ1n) is 4.55. The van der Waals surface area contributed by atoms with Crippen LogP contribution in [0.3, 0.4) is 0 Å². The molecule has 0 fully saturated rings. The standard InChI is InChI=1S/C8H14N4O3/c1-4(2)5(10-8(13)14)6-11-12-7(9-3)15-6/h4-5,10H,1-3H3,(H,9,12)(H,13,14)/t5-/m0/s1. The Morgan fingerprint density at radius 1 is 1.47 bits per heavy atom. The van der Waals surface area contributed by atoms with Gasteiger partial charge in [0.1, 0.15) is 6.04 Å². The molecule has 0 radical (unpaired) electrons. The van der Waals surface area contributed by atoms with E-state index < -0.39 is 12.1 Å². The molecule has 0 spiro atoms. The average Bonchev–Trinajstić information content (AvgIpc) is 2.61. The van der Waals surface area contributed by atoms with Gasteiger partial charge < -0.3 is 20.2 Å². The van der Waals surface area contributed by atoms with Crippen LogP contribution in [0.4, 0.5) is 10.8 Å². The predicted molar refractivity (Wildman–Crippen MR) is 52.6 cm³/mol. The highest BCUT2D eigenvalue weighted by atomic mass is 16.4. The summed E-state index contributed by atoms with van der Waals surface area (Å²) in [6.07, 6.45) is -1.11. The van der Waals surface area contributed by atoms with E-state index in [1.807, 2.05) is 13.8 Å². The van der Waals surface area contributed by atoms with Crippen LogP contribution in [-0.2, 0) is 0 Å². The highest BCUT2D eigenvalue weighted by Crippen LogP contribution is 2.21. The van der Waals surface area contributed by atoms with Crippen LogP contribution in [0.15, 0.2) is 4.42 Å². The summed E-state index contributed by atoms with van der Waals surface area (Å²) in [4.78, 5) is 10.5. The molecule has 0 unspecified atom stereocenters. The molecule has 1 aromatic rings. The second-order valence-electron chi connectivity index (χ2n) is 3.37. The van der Waals surface area contributed by atoms with Gasteiger partial charge >= 0.3 is 12.1 Å². The summed E-state index contributed by atoms with van der Waals surface area (Å²) < 4.78 is 5.20. The number of nitrogens with zero attached hydrogens (tertiary/aromatic N) is 2. The van der Waals surface area contributed by atoms with Crippen LogP contribution in [0.2, 0.25) is 0 Å². The van der Waals surface area contributed by atoms with E-state index in [1.165, 1.54) is 0 Å². The molecule has 0 aliphatic heterocycles. The predicted octanol–water partition coefficient (Wildman–Crippen LogP) is 1.08. The molecule has 1 heterocycles. The van der Waals surface area contributed by atoms with Crippen molar-refractivity contribution in [2.45, 2.75) is 19.9 Å². The van der Waals surface area contributed by atoms with Gasteiger partial charge in [0.2, 0.25) is 5.89 Å². The molecule has 0 saturated heterocycles. The molecule has 3 N–H and O–H groups in total. The first kappa shape index (κ1) is 11.3. The number of amides is 1. The van der Waals surface area contributed by atoms with Crippen LogP contribution < -0.4 is 10.6 Å².